The highest BCUT2D eigenvalue weighted by Crippen LogP contribution is 2.41. The van der Waals surface area contributed by atoms with Crippen LogP contribution in [0.25, 0.3) is 16.5 Å². The molecule has 0 atom stereocenters. The Morgan fingerprint density at radius 2 is 1.93 bits per heavy atom. The summed E-state index contributed by atoms with van der Waals surface area (Å²) in [6.45, 7) is 0. The third-order valence-electron chi connectivity index (χ3n) is 3.97. The van der Waals surface area contributed by atoms with Crippen molar-refractivity contribution >= 4 is 34.7 Å². The highest BCUT2D eigenvalue weighted by Gasteiger charge is 2.43. The van der Waals surface area contributed by atoms with E-state index in [1.54, 1.807) is 29.5 Å². The fourth-order valence-corrected chi connectivity index (χ4v) is 3.40. The number of carbonyl (C=O) groups is 1. The molecule has 0 spiro atoms. The van der Waals surface area contributed by atoms with Crippen molar-refractivity contribution in [3.63, 3.8) is 0 Å². The number of alkyl halides is 2. The number of hydrogen-bond donors (Lipinski definition) is 2. The van der Waals surface area contributed by atoms with Crippen LogP contribution in [0.3, 0.4) is 0 Å². The van der Waals surface area contributed by atoms with Crippen molar-refractivity contribution in [3.05, 3.63) is 65.6 Å². The zero-order valence-electron chi connectivity index (χ0n) is 14.3. The molecule has 8 heteroatoms. The predicted octanol–water partition coefficient (Wildman–Crippen LogP) is 4.97. The number of amides is 1. The van der Waals surface area contributed by atoms with Gasteiger partial charge in [-0.15, -0.1) is 20.1 Å². The van der Waals surface area contributed by atoms with Gasteiger partial charge < -0.3 is 20.5 Å². The van der Waals surface area contributed by atoms with Gasteiger partial charge in [0, 0.05) is 11.0 Å². The lowest BCUT2D eigenvalue weighted by atomic mass is 10.1. The Bertz CT molecular complexity index is 1070. The lowest BCUT2D eigenvalue weighted by Crippen LogP contribution is -2.25. The maximum Gasteiger partial charge on any atom is 0.586 e. The van der Waals surface area contributed by atoms with Gasteiger partial charge >= 0.3 is 6.29 Å². The summed E-state index contributed by atoms with van der Waals surface area (Å²) in [5, 5.41) is 4.69. The first kappa shape index (κ1) is 18.0. The number of hydrogen-bond acceptors (Lipinski definition) is 5. The summed E-state index contributed by atoms with van der Waals surface area (Å²) in [4.78, 5) is 13.3. The average Bonchev–Trinajstić information content (AvgIpc) is 3.27. The Kier molecular flexibility index (Phi) is 4.48. The number of benzene rings is 2. The number of nitrogen functional groups attached to an aromatic ring is 1. The summed E-state index contributed by atoms with van der Waals surface area (Å²) in [7, 11) is 0. The molecule has 1 aliphatic rings. The molecule has 0 unspecified atom stereocenters. The zero-order chi connectivity index (χ0) is 19.7. The first-order valence-electron chi connectivity index (χ1n) is 8.22. The van der Waals surface area contributed by atoms with Crippen molar-refractivity contribution in [2.75, 3.05) is 11.1 Å². The van der Waals surface area contributed by atoms with E-state index in [0.29, 0.717) is 16.9 Å². The van der Waals surface area contributed by atoms with Gasteiger partial charge in [0.05, 0.1) is 11.4 Å². The Morgan fingerprint density at radius 1 is 1.11 bits per heavy atom. The van der Waals surface area contributed by atoms with Crippen LogP contribution in [-0.4, -0.2) is 12.2 Å². The summed E-state index contributed by atoms with van der Waals surface area (Å²) in [5.41, 5.74) is 8.33. The van der Waals surface area contributed by atoms with Crippen LogP contribution in [0.2, 0.25) is 0 Å². The van der Waals surface area contributed by atoms with Crippen LogP contribution in [0.5, 0.6) is 11.5 Å². The van der Waals surface area contributed by atoms with Gasteiger partial charge in [-0.25, -0.2) is 0 Å². The highest BCUT2D eigenvalue weighted by molar-refractivity contribution is 7.13. The van der Waals surface area contributed by atoms with E-state index < -0.39 is 12.2 Å². The lowest BCUT2D eigenvalue weighted by Gasteiger charge is -2.08. The average molecular weight is 400 g/mol. The van der Waals surface area contributed by atoms with E-state index in [9.17, 15) is 13.6 Å². The molecule has 0 bridgehead atoms. The number of ether oxygens (including phenoxy) is 2. The minimum Gasteiger partial charge on any atom is -0.397 e. The van der Waals surface area contributed by atoms with Gasteiger partial charge in [-0.3, -0.25) is 4.79 Å². The summed E-state index contributed by atoms with van der Waals surface area (Å²) >= 11 is 1.58. The molecular weight excluding hydrogens is 386 g/mol. The highest BCUT2D eigenvalue weighted by atomic mass is 32.1. The summed E-state index contributed by atoms with van der Waals surface area (Å²) in [6, 6.07) is 13.6. The quantitative estimate of drug-likeness (QED) is 0.479. The third-order valence-corrected chi connectivity index (χ3v) is 4.89. The second-order valence-electron chi connectivity index (χ2n) is 5.98. The Balaban J connectivity index is 1.47. The normalized spacial score (nSPS) is 14.4. The largest absolute Gasteiger partial charge is 0.586 e. The molecule has 0 aliphatic carbocycles. The number of nitrogens with two attached hydrogens (primary N) is 1. The molecule has 28 heavy (non-hydrogen) atoms. The molecule has 4 rings (SSSR count). The number of halogens is 2. The third kappa shape index (κ3) is 3.81. The molecule has 3 N–H and O–H groups in total. The molecule has 0 radical (unpaired) electrons. The van der Waals surface area contributed by atoms with Crippen LogP contribution in [0.4, 0.5) is 20.2 Å². The second-order valence-corrected chi connectivity index (χ2v) is 6.92. The number of fused-ring (bicyclic) bond motifs is 1. The van der Waals surface area contributed by atoms with E-state index in [4.69, 9.17) is 5.73 Å². The Hall–Kier alpha value is -3.39. The van der Waals surface area contributed by atoms with Crippen LogP contribution < -0.4 is 20.5 Å². The Labute approximate surface area is 163 Å². The molecule has 2 aromatic carbocycles. The van der Waals surface area contributed by atoms with Crippen LogP contribution in [0.1, 0.15) is 5.56 Å². The number of carbonyl (C=O) groups excluding carboxylic acids is 1. The maximum absolute atomic E-state index is 13.1. The SMILES string of the molecule is Nc1ccc(-c2cccs2)cc1NC(=O)/C=C/c1ccc2c(c1)OC(F)(F)O2. The van der Waals surface area contributed by atoms with E-state index >= 15 is 0 Å². The Morgan fingerprint density at radius 3 is 2.71 bits per heavy atom. The monoisotopic (exact) mass is 400 g/mol. The fourth-order valence-electron chi connectivity index (χ4n) is 2.68. The maximum atomic E-state index is 13.1. The molecule has 2 heterocycles. The molecule has 0 saturated carbocycles. The molecule has 0 fully saturated rings. The van der Waals surface area contributed by atoms with E-state index in [-0.39, 0.29) is 11.5 Å². The minimum atomic E-state index is -3.67. The molecular formula is C20H14F2N2O3S. The number of thiophene rings is 1. The van der Waals surface area contributed by atoms with E-state index in [2.05, 4.69) is 14.8 Å². The van der Waals surface area contributed by atoms with Crippen molar-refractivity contribution in [1.82, 2.24) is 0 Å². The van der Waals surface area contributed by atoms with Crippen molar-refractivity contribution in [1.29, 1.82) is 0 Å². The van der Waals surface area contributed by atoms with Crippen molar-refractivity contribution in [3.8, 4) is 21.9 Å². The van der Waals surface area contributed by atoms with Crippen molar-refractivity contribution in [2.45, 2.75) is 6.29 Å². The summed E-state index contributed by atoms with van der Waals surface area (Å²) < 4.78 is 34.9. The van der Waals surface area contributed by atoms with Gasteiger partial charge in [-0.05, 0) is 52.9 Å². The molecule has 1 amide bonds. The molecule has 3 aromatic rings. The number of nitrogens with one attached hydrogen (secondary N) is 1. The summed E-state index contributed by atoms with van der Waals surface area (Å²) in [5.74, 6) is -0.539. The van der Waals surface area contributed by atoms with Gasteiger partial charge in [0.1, 0.15) is 0 Å². The number of anilines is 2. The van der Waals surface area contributed by atoms with E-state index in [1.165, 1.54) is 24.3 Å². The van der Waals surface area contributed by atoms with Gasteiger partial charge in [0.25, 0.3) is 0 Å². The zero-order valence-corrected chi connectivity index (χ0v) is 15.1. The van der Waals surface area contributed by atoms with Crippen LogP contribution in [0.15, 0.2) is 60.0 Å². The first-order chi connectivity index (χ1) is 13.4. The molecule has 142 valence electrons. The predicted molar refractivity (Wildman–Crippen MR) is 104 cm³/mol. The smallest absolute Gasteiger partial charge is 0.397 e. The van der Waals surface area contributed by atoms with Gasteiger partial charge in [0.2, 0.25) is 5.91 Å². The van der Waals surface area contributed by atoms with Crippen molar-refractivity contribution < 1.29 is 23.0 Å². The molecule has 1 aliphatic heterocycles. The molecule has 0 saturated heterocycles. The topological polar surface area (TPSA) is 73.6 Å². The molecule has 5 nitrogen and oxygen atoms in total. The fraction of sp³-hybridized carbons (Fsp3) is 0.0500. The van der Waals surface area contributed by atoms with E-state index in [1.807, 2.05) is 23.6 Å². The lowest BCUT2D eigenvalue weighted by molar-refractivity contribution is -0.286. The van der Waals surface area contributed by atoms with Crippen LogP contribution >= 0.6 is 11.3 Å². The van der Waals surface area contributed by atoms with Gasteiger partial charge in [-0.1, -0.05) is 18.2 Å². The van der Waals surface area contributed by atoms with Gasteiger partial charge in [0.15, 0.2) is 11.5 Å². The van der Waals surface area contributed by atoms with Gasteiger partial charge in [-0.2, -0.15) is 0 Å². The standard InChI is InChI=1S/C20H14F2N2O3S/c21-20(22)26-16-7-3-12(10-17(16)27-20)4-8-19(25)24-15-11-13(5-6-14(15)23)18-2-1-9-28-18/h1-11H,23H2,(H,24,25)/b8-4+. The van der Waals surface area contributed by atoms with E-state index in [0.717, 1.165) is 10.4 Å². The van der Waals surface area contributed by atoms with Crippen LogP contribution in [0, 0.1) is 0 Å². The molecule has 1 aromatic heterocycles. The van der Waals surface area contributed by atoms with Crippen LogP contribution in [-0.2, 0) is 4.79 Å². The van der Waals surface area contributed by atoms with Crippen molar-refractivity contribution in [2.24, 2.45) is 0 Å². The number of rotatable bonds is 4. The minimum absolute atomic E-state index is 0.0511. The second kappa shape index (κ2) is 6.97. The first-order valence-corrected chi connectivity index (χ1v) is 9.10. The summed E-state index contributed by atoms with van der Waals surface area (Å²) in [6.07, 6.45) is -0.908.